The molecule has 0 aromatic carbocycles. The molecule has 0 unspecified atom stereocenters. The van der Waals surface area contributed by atoms with Crippen LogP contribution in [0.5, 0.6) is 0 Å². The molecule has 0 spiro atoms. The van der Waals surface area contributed by atoms with E-state index in [9.17, 15) is 4.80 Å². The molecule has 0 rings (SSSR count). The van der Waals surface area contributed by atoms with Gasteiger partial charge in [0, 0.05) is 0 Å². The number of hydrogen-bond donors (Lipinski definition) is 0. The zero-order chi connectivity index (χ0) is 5.21. The summed E-state index contributed by atoms with van der Waals surface area (Å²) in [6.07, 6.45) is 0. The molecule has 0 saturated carbocycles. The molecule has 0 fully saturated rings. The average molecular weight is 147 g/mol. The van der Waals surface area contributed by atoms with Crippen molar-refractivity contribution in [1.82, 2.24) is 0 Å². The van der Waals surface area contributed by atoms with Gasteiger partial charge in [0.05, 0.1) is 0 Å². The fourth-order valence-electron chi connectivity index (χ4n) is 0. The van der Waals surface area contributed by atoms with Crippen molar-refractivity contribution < 1.29 is 34.4 Å². The predicted molar refractivity (Wildman–Crippen MR) is 28.2 cm³/mol. The molecule has 0 amide bonds. The minimum absolute atomic E-state index is 0. The van der Waals surface area contributed by atoms with Gasteiger partial charge in [0.2, 0.25) is 0 Å². The molecule has 1 nitrogen and oxygen atoms in total. The molecule has 7 heavy (non-hydrogen) atoms. The van der Waals surface area contributed by atoms with Crippen LogP contribution < -0.4 is 34.4 Å². The molecule has 0 aliphatic carbocycles. The molecule has 0 aromatic rings. The van der Waals surface area contributed by atoms with Crippen molar-refractivity contribution in [2.75, 3.05) is 5.50 Å². The van der Waals surface area contributed by atoms with Gasteiger partial charge in [0.25, 0.3) is 0 Å². The van der Waals surface area contributed by atoms with E-state index in [4.69, 9.17) is 11.6 Å². The van der Waals surface area contributed by atoms with Gasteiger partial charge in [-0.05, 0) is 13.8 Å². The van der Waals surface area contributed by atoms with Gasteiger partial charge in [-0.15, -0.1) is 11.6 Å². The van der Waals surface area contributed by atoms with Crippen molar-refractivity contribution in [2.45, 2.75) is 13.1 Å². The zero-order valence-electron chi connectivity index (χ0n) is 4.99. The molecule has 4 heteroatoms. The van der Waals surface area contributed by atoms with E-state index >= 15 is 0 Å². The van der Waals surface area contributed by atoms with E-state index in [-0.39, 0.29) is 29.6 Å². The van der Waals surface area contributed by atoms with E-state index in [1.165, 1.54) is 0 Å². The molecule has 38 valence electrons. The Morgan fingerprint density at radius 1 is 1.57 bits per heavy atom. The number of hydrogen-bond acceptors (Lipinski definition) is 1. The Hall–Kier alpha value is 1.47. The van der Waals surface area contributed by atoms with Crippen LogP contribution in [-0.2, 0) is 0 Å². The second-order valence-electron chi connectivity index (χ2n) is 1.89. The Morgan fingerprint density at radius 2 is 1.71 bits per heavy atom. The first-order valence-corrected chi connectivity index (χ1v) is 5.47. The summed E-state index contributed by atoms with van der Waals surface area (Å²) in [5.74, 6) is 0. The fraction of sp³-hybridized carbons (Fsp3) is 1.00. The predicted octanol–water partition coefficient (Wildman–Crippen LogP) is -2.67. The second kappa shape index (κ2) is 4.36. The van der Waals surface area contributed by atoms with Gasteiger partial charge in [-0.2, -0.15) is 0 Å². The number of alkyl halides is 1. The van der Waals surface area contributed by atoms with Crippen LogP contribution in [0, 0.1) is 0 Å². The maximum absolute atomic E-state index is 10.5. The minimum atomic E-state index is -2.12. The van der Waals surface area contributed by atoms with Crippen LogP contribution in [0.4, 0.5) is 0 Å². The van der Waals surface area contributed by atoms with Crippen molar-refractivity contribution in [3.63, 3.8) is 0 Å². The Bertz CT molecular complexity index is 44.7. The van der Waals surface area contributed by atoms with Gasteiger partial charge in [-0.3, -0.25) is 0 Å². The van der Waals surface area contributed by atoms with Crippen LogP contribution in [0.2, 0.25) is 13.1 Å². The minimum Gasteiger partial charge on any atom is -0.858 e. The second-order valence-corrected chi connectivity index (χ2v) is 6.48. The SMILES string of the molecule is C[Si](C)([O-])CCl.[Na+]. The van der Waals surface area contributed by atoms with Crippen LogP contribution in [-0.4, -0.2) is 13.8 Å². The normalized spacial score (nSPS) is 10.3. The topological polar surface area (TPSA) is 23.1 Å². The van der Waals surface area contributed by atoms with Gasteiger partial charge in [-0.1, -0.05) is 13.1 Å². The number of rotatable bonds is 1. The third-order valence-corrected chi connectivity index (χ3v) is 2.90. The fourth-order valence-corrected chi connectivity index (χ4v) is 0. The molecule has 0 aliphatic heterocycles. The molecule has 0 bridgehead atoms. The van der Waals surface area contributed by atoms with Crippen LogP contribution in [0.25, 0.3) is 0 Å². The summed E-state index contributed by atoms with van der Waals surface area (Å²) < 4.78 is 0. The average Bonchev–Trinajstić information content (AvgIpc) is 1.35. The van der Waals surface area contributed by atoms with Gasteiger partial charge in [-0.25, -0.2) is 0 Å². The van der Waals surface area contributed by atoms with Crippen molar-refractivity contribution >= 4 is 19.9 Å². The third kappa shape index (κ3) is 11.2. The summed E-state index contributed by atoms with van der Waals surface area (Å²) in [6, 6.07) is 0. The summed E-state index contributed by atoms with van der Waals surface area (Å²) in [6.45, 7) is 3.39. The first-order valence-electron chi connectivity index (χ1n) is 1.82. The molecule has 0 aromatic heterocycles. The standard InChI is InChI=1S/C3H8ClOSi.Na/c1-6(2,5)3-4;/h3H2,1-2H3;/q-1;+1. The first kappa shape index (κ1) is 11.3. The molecule has 0 saturated heterocycles. The maximum atomic E-state index is 10.5. The molecule has 0 radical (unpaired) electrons. The third-order valence-electron chi connectivity index (χ3n) is 0.322. The van der Waals surface area contributed by atoms with E-state index in [2.05, 4.69) is 0 Å². The molecule has 0 N–H and O–H groups in total. The van der Waals surface area contributed by atoms with Gasteiger partial charge < -0.3 is 4.80 Å². The van der Waals surface area contributed by atoms with Crippen molar-refractivity contribution in [2.24, 2.45) is 0 Å². The largest absolute Gasteiger partial charge is 1.00 e. The van der Waals surface area contributed by atoms with Crippen molar-refractivity contribution in [3.8, 4) is 0 Å². The van der Waals surface area contributed by atoms with Crippen LogP contribution >= 0.6 is 11.6 Å². The van der Waals surface area contributed by atoms with Crippen molar-refractivity contribution in [1.29, 1.82) is 0 Å². The van der Waals surface area contributed by atoms with E-state index in [1.807, 2.05) is 0 Å². The van der Waals surface area contributed by atoms with Gasteiger partial charge >= 0.3 is 29.6 Å². The Kier molecular flexibility index (Phi) is 7.02. The summed E-state index contributed by atoms with van der Waals surface area (Å²) in [5, 5.41) is 0. The molecule has 0 heterocycles. The van der Waals surface area contributed by atoms with E-state index < -0.39 is 8.32 Å². The molecular formula is C3H8ClNaOSi. The van der Waals surface area contributed by atoms with Gasteiger partial charge in [0.15, 0.2) is 0 Å². The van der Waals surface area contributed by atoms with Crippen LogP contribution in [0.1, 0.15) is 0 Å². The zero-order valence-corrected chi connectivity index (χ0v) is 8.75. The smallest absolute Gasteiger partial charge is 0.858 e. The van der Waals surface area contributed by atoms with E-state index in [0.29, 0.717) is 5.50 Å². The molecular weight excluding hydrogens is 139 g/mol. The maximum Gasteiger partial charge on any atom is 1.00 e. The van der Waals surface area contributed by atoms with Gasteiger partial charge in [0.1, 0.15) is 0 Å². The summed E-state index contributed by atoms with van der Waals surface area (Å²) in [5.41, 5.74) is 0.326. The van der Waals surface area contributed by atoms with Crippen LogP contribution in [0.3, 0.4) is 0 Å². The number of halogens is 1. The van der Waals surface area contributed by atoms with Crippen LogP contribution in [0.15, 0.2) is 0 Å². The monoisotopic (exact) mass is 146 g/mol. The quantitative estimate of drug-likeness (QED) is 0.293. The molecule has 0 atom stereocenters. The first-order chi connectivity index (χ1) is 2.56. The summed E-state index contributed by atoms with van der Waals surface area (Å²) in [7, 11) is -2.12. The summed E-state index contributed by atoms with van der Waals surface area (Å²) >= 11 is 5.23. The summed E-state index contributed by atoms with van der Waals surface area (Å²) in [4.78, 5) is 10.5. The Balaban J connectivity index is 0. The van der Waals surface area contributed by atoms with E-state index in [0.717, 1.165) is 0 Å². The molecule has 0 aliphatic rings. The van der Waals surface area contributed by atoms with Crippen molar-refractivity contribution in [3.05, 3.63) is 0 Å². The Labute approximate surface area is 72.5 Å². The Morgan fingerprint density at radius 3 is 1.71 bits per heavy atom. The van der Waals surface area contributed by atoms with E-state index in [1.54, 1.807) is 13.1 Å².